The Morgan fingerprint density at radius 3 is 2.39 bits per heavy atom. The fraction of sp³-hybridized carbons (Fsp3) is 0.333. The van der Waals surface area contributed by atoms with E-state index in [4.69, 9.17) is 4.74 Å². The molecule has 7 rings (SSSR count). The van der Waals surface area contributed by atoms with Gasteiger partial charge in [-0.15, -0.1) is 0 Å². The van der Waals surface area contributed by atoms with Crippen molar-refractivity contribution in [2.45, 2.75) is 0 Å². The summed E-state index contributed by atoms with van der Waals surface area (Å²) in [7, 11) is 2.09. The smallest absolute Gasteiger partial charge is 0.253 e. The molecule has 0 unspecified atom stereocenters. The lowest BCUT2D eigenvalue weighted by Gasteiger charge is -2.54. The Bertz CT molecular complexity index is 1510. The lowest BCUT2D eigenvalue weighted by Crippen LogP contribution is -2.67. The van der Waals surface area contributed by atoms with Crippen LogP contribution in [-0.2, 0) is 4.74 Å². The molecule has 194 valence electrons. The summed E-state index contributed by atoms with van der Waals surface area (Å²) in [6, 6.07) is 15.3. The van der Waals surface area contributed by atoms with Gasteiger partial charge < -0.3 is 24.4 Å². The molecule has 3 aliphatic rings. The van der Waals surface area contributed by atoms with Crippen LogP contribution in [0.4, 0.5) is 10.1 Å². The molecule has 0 aliphatic carbocycles. The number of piperazine rings is 1. The number of rotatable bonds is 4. The number of hydrogen-bond acceptors (Lipinski definition) is 5. The molecule has 8 heteroatoms. The minimum Gasteiger partial charge on any atom is -0.380 e. The van der Waals surface area contributed by atoms with Crippen molar-refractivity contribution in [3.63, 3.8) is 0 Å². The average Bonchev–Trinajstić information content (AvgIpc) is 3.31. The van der Waals surface area contributed by atoms with Crippen LogP contribution in [0.2, 0.25) is 0 Å². The van der Waals surface area contributed by atoms with Gasteiger partial charge in [-0.3, -0.25) is 4.79 Å². The summed E-state index contributed by atoms with van der Waals surface area (Å²) in [5.41, 5.74) is 5.98. The van der Waals surface area contributed by atoms with E-state index < -0.39 is 0 Å². The maximum Gasteiger partial charge on any atom is 0.253 e. The summed E-state index contributed by atoms with van der Waals surface area (Å²) >= 11 is 0. The number of likely N-dealkylation sites (tertiary alicyclic amines) is 1. The number of aromatic amines is 1. The first-order valence-electron chi connectivity index (χ1n) is 13.2. The number of H-pyrrole nitrogens is 1. The van der Waals surface area contributed by atoms with Gasteiger partial charge in [0.15, 0.2) is 0 Å². The first-order valence-corrected chi connectivity index (χ1v) is 13.2. The van der Waals surface area contributed by atoms with Crippen molar-refractivity contribution >= 4 is 22.6 Å². The van der Waals surface area contributed by atoms with Crippen LogP contribution in [0, 0.1) is 11.2 Å². The molecule has 1 spiro atoms. The predicted molar refractivity (Wildman–Crippen MR) is 146 cm³/mol. The second kappa shape index (κ2) is 8.92. The van der Waals surface area contributed by atoms with Crippen LogP contribution in [0.5, 0.6) is 0 Å². The van der Waals surface area contributed by atoms with E-state index in [1.807, 2.05) is 47.5 Å². The van der Waals surface area contributed by atoms with Gasteiger partial charge in [0.05, 0.1) is 24.3 Å². The number of benzene rings is 2. The van der Waals surface area contributed by atoms with E-state index in [1.54, 1.807) is 12.3 Å². The van der Waals surface area contributed by atoms with Gasteiger partial charge in [0.1, 0.15) is 11.5 Å². The van der Waals surface area contributed by atoms with Gasteiger partial charge in [-0.25, -0.2) is 9.37 Å². The number of anilines is 1. The van der Waals surface area contributed by atoms with E-state index >= 15 is 4.39 Å². The van der Waals surface area contributed by atoms with Gasteiger partial charge in [0.25, 0.3) is 5.91 Å². The van der Waals surface area contributed by atoms with Crippen molar-refractivity contribution in [3.8, 4) is 22.3 Å². The lowest BCUT2D eigenvalue weighted by molar-refractivity contribution is -0.176. The number of aromatic nitrogens is 2. The number of nitrogens with zero attached hydrogens (tertiary/aromatic N) is 4. The Morgan fingerprint density at radius 1 is 0.974 bits per heavy atom. The number of halogens is 1. The first-order chi connectivity index (χ1) is 18.5. The van der Waals surface area contributed by atoms with Gasteiger partial charge in [-0.1, -0.05) is 18.2 Å². The zero-order valence-corrected chi connectivity index (χ0v) is 21.4. The SMILES string of the molecule is CN1CCN(c2ccc(-c3cnc4[nH]cc(-c5ccc(C(=O)N6CC7(COC7)C6)cc5)c4c3)cc2F)CC1. The molecule has 4 aromatic rings. The summed E-state index contributed by atoms with van der Waals surface area (Å²) in [6.45, 7) is 6.60. The molecule has 2 aromatic heterocycles. The molecule has 0 radical (unpaired) electrons. The standard InChI is InChI=1S/C30H30FN5O2/c1-34-8-10-35(11-9-34)27-7-6-22(13-26(27)31)23-12-24-25(15-33-28(24)32-14-23)20-2-4-21(5-3-20)29(37)36-16-30(17-36)18-38-19-30/h2-7,12-15H,8-11,16-19H2,1H3,(H,32,33). The molecule has 1 N–H and O–H groups in total. The summed E-state index contributed by atoms with van der Waals surface area (Å²) in [6.07, 6.45) is 3.72. The maximum absolute atomic E-state index is 15.2. The summed E-state index contributed by atoms with van der Waals surface area (Å²) in [4.78, 5) is 27.0. The average molecular weight is 512 g/mol. The van der Waals surface area contributed by atoms with Crippen molar-refractivity contribution in [2.24, 2.45) is 5.41 Å². The maximum atomic E-state index is 15.2. The number of ether oxygens (including phenoxy) is 1. The highest BCUT2D eigenvalue weighted by Gasteiger charge is 2.50. The van der Waals surface area contributed by atoms with Crippen LogP contribution in [-0.4, -0.2) is 85.2 Å². The van der Waals surface area contributed by atoms with Crippen LogP contribution in [0.25, 0.3) is 33.3 Å². The van der Waals surface area contributed by atoms with Crippen molar-refractivity contribution < 1.29 is 13.9 Å². The number of carbonyl (C=O) groups excluding carboxylic acids is 1. The Kier molecular flexibility index (Phi) is 5.49. The number of hydrogen-bond donors (Lipinski definition) is 1. The van der Waals surface area contributed by atoms with Crippen LogP contribution in [0.15, 0.2) is 60.9 Å². The zero-order valence-electron chi connectivity index (χ0n) is 21.4. The molecular weight excluding hydrogens is 481 g/mol. The summed E-state index contributed by atoms with van der Waals surface area (Å²) in [5, 5.41) is 0.958. The Labute approximate surface area is 220 Å². The molecule has 0 saturated carbocycles. The molecule has 7 nitrogen and oxygen atoms in total. The molecule has 2 aromatic carbocycles. The van der Waals surface area contributed by atoms with E-state index in [0.717, 1.165) is 85.8 Å². The highest BCUT2D eigenvalue weighted by atomic mass is 19.1. The molecule has 5 heterocycles. The highest BCUT2D eigenvalue weighted by molar-refractivity contribution is 5.98. The molecule has 3 fully saturated rings. The van der Waals surface area contributed by atoms with Crippen LogP contribution in [0.1, 0.15) is 10.4 Å². The number of likely N-dealkylation sites (N-methyl/N-ethyl adjacent to an activating group) is 1. The third kappa shape index (κ3) is 3.95. The van der Waals surface area contributed by atoms with E-state index in [2.05, 4.69) is 32.9 Å². The summed E-state index contributed by atoms with van der Waals surface area (Å²) < 4.78 is 20.5. The van der Waals surface area contributed by atoms with Crippen molar-refractivity contribution in [3.05, 3.63) is 72.3 Å². The predicted octanol–water partition coefficient (Wildman–Crippen LogP) is 4.26. The molecule has 1 amide bonds. The molecule has 0 bridgehead atoms. The Balaban J connectivity index is 1.12. The zero-order chi connectivity index (χ0) is 25.9. The van der Waals surface area contributed by atoms with Gasteiger partial charge in [-0.05, 0) is 48.5 Å². The van der Waals surface area contributed by atoms with Gasteiger partial charge in [0, 0.05) is 73.7 Å². The largest absolute Gasteiger partial charge is 0.380 e. The second-order valence-electron chi connectivity index (χ2n) is 11.0. The van der Waals surface area contributed by atoms with Gasteiger partial charge >= 0.3 is 0 Å². The van der Waals surface area contributed by atoms with Gasteiger partial charge in [0.2, 0.25) is 0 Å². The van der Waals surface area contributed by atoms with Gasteiger partial charge in [-0.2, -0.15) is 0 Å². The van der Waals surface area contributed by atoms with E-state index in [1.165, 1.54) is 0 Å². The van der Waals surface area contributed by atoms with Crippen molar-refractivity contribution in [1.82, 2.24) is 19.8 Å². The van der Waals surface area contributed by atoms with E-state index in [0.29, 0.717) is 11.3 Å². The molecular formula is C30H30FN5O2. The van der Waals surface area contributed by atoms with Crippen molar-refractivity contribution in [1.29, 1.82) is 0 Å². The quantitative estimate of drug-likeness (QED) is 0.444. The molecule has 3 aliphatic heterocycles. The van der Waals surface area contributed by atoms with Crippen LogP contribution >= 0.6 is 0 Å². The number of fused-ring (bicyclic) bond motifs is 1. The third-order valence-electron chi connectivity index (χ3n) is 8.26. The highest BCUT2D eigenvalue weighted by Crippen LogP contribution is 2.38. The van der Waals surface area contributed by atoms with Crippen molar-refractivity contribution in [2.75, 3.05) is 64.4 Å². The lowest BCUT2D eigenvalue weighted by atomic mass is 9.78. The number of nitrogens with one attached hydrogen (secondary N) is 1. The monoisotopic (exact) mass is 511 g/mol. The molecule has 38 heavy (non-hydrogen) atoms. The normalized spacial score (nSPS) is 19.0. The van der Waals surface area contributed by atoms with E-state index in [9.17, 15) is 4.79 Å². The van der Waals surface area contributed by atoms with Crippen LogP contribution in [0.3, 0.4) is 0 Å². The second-order valence-corrected chi connectivity index (χ2v) is 11.0. The number of carbonyl (C=O) groups is 1. The Hall–Kier alpha value is -3.75. The molecule has 0 atom stereocenters. The fourth-order valence-corrected chi connectivity index (χ4v) is 5.85. The number of amides is 1. The Morgan fingerprint density at radius 2 is 1.71 bits per heavy atom. The van der Waals surface area contributed by atoms with E-state index in [-0.39, 0.29) is 17.1 Å². The third-order valence-corrected chi connectivity index (χ3v) is 8.26. The number of pyridine rings is 1. The molecule has 3 saturated heterocycles. The summed E-state index contributed by atoms with van der Waals surface area (Å²) in [5.74, 6) is -0.140. The topological polar surface area (TPSA) is 64.7 Å². The minimum atomic E-state index is -0.209. The van der Waals surface area contributed by atoms with Crippen LogP contribution < -0.4 is 4.90 Å². The minimum absolute atomic E-state index is 0.0685. The fourth-order valence-electron chi connectivity index (χ4n) is 5.85. The first kappa shape index (κ1) is 23.4.